The summed E-state index contributed by atoms with van der Waals surface area (Å²) in [7, 11) is 1.70. The molecule has 0 spiro atoms. The van der Waals surface area contributed by atoms with Crippen molar-refractivity contribution >= 4 is 23.5 Å². The third-order valence-corrected chi connectivity index (χ3v) is 6.42. The van der Waals surface area contributed by atoms with Crippen molar-refractivity contribution in [2.24, 2.45) is 5.92 Å². The second-order valence-electron chi connectivity index (χ2n) is 9.17. The van der Waals surface area contributed by atoms with Crippen molar-refractivity contribution in [1.29, 1.82) is 0 Å². The van der Waals surface area contributed by atoms with Crippen LogP contribution in [0.25, 0.3) is 0 Å². The van der Waals surface area contributed by atoms with Crippen LogP contribution in [0.3, 0.4) is 0 Å². The number of nitrogens with zero attached hydrogens (tertiary/aromatic N) is 2. The number of aromatic nitrogens is 1. The summed E-state index contributed by atoms with van der Waals surface area (Å²) < 4.78 is 0. The molecule has 34 heavy (non-hydrogen) atoms. The van der Waals surface area contributed by atoms with E-state index in [9.17, 15) is 14.4 Å². The molecule has 1 aromatic carbocycles. The first-order valence-electron chi connectivity index (χ1n) is 11.8. The molecule has 8 heteroatoms. The van der Waals surface area contributed by atoms with Crippen LogP contribution in [0.1, 0.15) is 44.7 Å². The van der Waals surface area contributed by atoms with Gasteiger partial charge >= 0.3 is 0 Å². The fourth-order valence-corrected chi connectivity index (χ4v) is 4.11. The van der Waals surface area contributed by atoms with Crippen LogP contribution in [0.15, 0.2) is 48.7 Å². The Labute approximate surface area is 201 Å². The lowest BCUT2D eigenvalue weighted by molar-refractivity contribution is -0.129. The van der Waals surface area contributed by atoms with Gasteiger partial charge in [-0.15, -0.1) is 0 Å². The summed E-state index contributed by atoms with van der Waals surface area (Å²) >= 11 is 0. The number of carbonyl (C=O) groups is 3. The van der Waals surface area contributed by atoms with Gasteiger partial charge in [0, 0.05) is 12.7 Å². The topological polar surface area (TPSA) is 103 Å². The van der Waals surface area contributed by atoms with Gasteiger partial charge in [0.2, 0.25) is 11.8 Å². The molecule has 1 aliphatic heterocycles. The second-order valence-corrected chi connectivity index (χ2v) is 9.17. The molecule has 3 N–H and O–H groups in total. The molecule has 182 valence electrons. The second kappa shape index (κ2) is 11.2. The summed E-state index contributed by atoms with van der Waals surface area (Å²) in [5.74, 6) is -0.404. The molecule has 2 heterocycles. The number of pyridine rings is 1. The number of hydrogen-bond donors (Lipinski definition) is 3. The first-order chi connectivity index (χ1) is 16.2. The molecule has 0 aliphatic carbocycles. The third kappa shape index (κ3) is 5.62. The van der Waals surface area contributed by atoms with Gasteiger partial charge < -0.3 is 16.0 Å². The Morgan fingerprint density at radius 2 is 1.74 bits per heavy atom. The highest BCUT2D eigenvalue weighted by atomic mass is 16.2. The van der Waals surface area contributed by atoms with Gasteiger partial charge in [-0.3, -0.25) is 19.3 Å². The summed E-state index contributed by atoms with van der Waals surface area (Å²) in [5.41, 5.74) is 1.88. The lowest BCUT2D eigenvalue weighted by Crippen LogP contribution is -2.57. The fraction of sp³-hybridized carbons (Fsp3) is 0.462. The highest BCUT2D eigenvalue weighted by Crippen LogP contribution is 2.31. The van der Waals surface area contributed by atoms with Gasteiger partial charge in [-0.05, 0) is 50.4 Å². The predicted octanol–water partition coefficient (Wildman–Crippen LogP) is 2.01. The summed E-state index contributed by atoms with van der Waals surface area (Å²) in [5, 5.41) is 8.81. The molecule has 8 nitrogen and oxygen atoms in total. The van der Waals surface area contributed by atoms with Gasteiger partial charge in [-0.2, -0.15) is 0 Å². The van der Waals surface area contributed by atoms with E-state index in [0.29, 0.717) is 18.8 Å². The Bertz CT molecular complexity index is 1010. The molecule has 0 saturated heterocycles. The van der Waals surface area contributed by atoms with E-state index in [1.807, 2.05) is 63.2 Å². The van der Waals surface area contributed by atoms with E-state index in [1.165, 1.54) is 0 Å². The molecule has 0 saturated carbocycles. The molecular formula is C26H35N5O3. The van der Waals surface area contributed by atoms with Gasteiger partial charge in [0.1, 0.15) is 11.9 Å². The molecule has 2 aromatic rings. The van der Waals surface area contributed by atoms with E-state index in [0.717, 1.165) is 11.1 Å². The zero-order chi connectivity index (χ0) is 24.8. The molecule has 1 aromatic heterocycles. The summed E-state index contributed by atoms with van der Waals surface area (Å²) in [6.45, 7) is 7.72. The van der Waals surface area contributed by atoms with Crippen molar-refractivity contribution in [3.05, 3.63) is 59.8 Å². The number of benzene rings is 1. The maximum Gasteiger partial charge on any atom is 0.251 e. The van der Waals surface area contributed by atoms with Gasteiger partial charge in [0.05, 0.1) is 18.0 Å². The number of nitrogens with one attached hydrogen (secondary N) is 3. The molecule has 3 rings (SSSR count). The Morgan fingerprint density at radius 3 is 2.38 bits per heavy atom. The SMILES string of the molecule is CNC(C)C(=O)N[C@H](C(=O)N1c2ncccc2C[C@H]1CNC(=O)[C@@H](C)c1ccccc1)C(C)C. The van der Waals surface area contributed by atoms with Gasteiger partial charge in [0.25, 0.3) is 5.91 Å². The van der Waals surface area contributed by atoms with Crippen molar-refractivity contribution in [3.8, 4) is 0 Å². The van der Waals surface area contributed by atoms with Crippen LogP contribution in [0.5, 0.6) is 0 Å². The van der Waals surface area contributed by atoms with Crippen LogP contribution in [0, 0.1) is 5.92 Å². The first-order valence-corrected chi connectivity index (χ1v) is 11.8. The van der Waals surface area contributed by atoms with Gasteiger partial charge in [-0.1, -0.05) is 50.2 Å². The van der Waals surface area contributed by atoms with Crippen LogP contribution in [0.4, 0.5) is 5.82 Å². The van der Waals surface area contributed by atoms with Crippen molar-refractivity contribution < 1.29 is 14.4 Å². The Kier molecular flexibility index (Phi) is 8.39. The van der Waals surface area contributed by atoms with Crippen LogP contribution >= 0.6 is 0 Å². The fourth-order valence-electron chi connectivity index (χ4n) is 4.11. The molecule has 0 bridgehead atoms. The van der Waals surface area contributed by atoms with Crippen LogP contribution in [0.2, 0.25) is 0 Å². The number of anilines is 1. The maximum atomic E-state index is 13.7. The van der Waals surface area contributed by atoms with Gasteiger partial charge in [0.15, 0.2) is 0 Å². The molecule has 1 aliphatic rings. The van der Waals surface area contributed by atoms with Crippen molar-refractivity contribution in [2.45, 2.75) is 58.2 Å². The monoisotopic (exact) mass is 465 g/mol. The highest BCUT2D eigenvalue weighted by Gasteiger charge is 2.40. The minimum Gasteiger partial charge on any atom is -0.353 e. The van der Waals surface area contributed by atoms with Crippen molar-refractivity contribution in [3.63, 3.8) is 0 Å². The first kappa shape index (κ1) is 25.4. The Hall–Kier alpha value is -3.26. The van der Waals surface area contributed by atoms with E-state index in [2.05, 4.69) is 20.9 Å². The Balaban J connectivity index is 1.78. The van der Waals surface area contributed by atoms with E-state index in [1.54, 1.807) is 25.1 Å². The number of rotatable bonds is 9. The number of fused-ring (bicyclic) bond motifs is 1. The van der Waals surface area contributed by atoms with E-state index in [4.69, 9.17) is 0 Å². The number of hydrogen-bond acceptors (Lipinski definition) is 5. The van der Waals surface area contributed by atoms with E-state index in [-0.39, 0.29) is 35.6 Å². The summed E-state index contributed by atoms with van der Waals surface area (Å²) in [6, 6.07) is 12.0. The predicted molar refractivity (Wildman–Crippen MR) is 132 cm³/mol. The molecule has 3 amide bonds. The standard InChI is InChI=1S/C26H35N5O3/c1-16(2)22(30-25(33)18(4)27-5)26(34)31-21(14-20-12-9-13-28-23(20)31)15-29-24(32)17(3)19-10-7-6-8-11-19/h6-13,16-18,21-22,27H,14-15H2,1-5H3,(H,29,32)(H,30,33)/t17-,18?,21-,22-/m0/s1. The summed E-state index contributed by atoms with van der Waals surface area (Å²) in [6.07, 6.45) is 2.24. The lowest BCUT2D eigenvalue weighted by Gasteiger charge is -2.31. The number of carbonyl (C=O) groups excluding carboxylic acids is 3. The Morgan fingerprint density at radius 1 is 1.03 bits per heavy atom. The normalized spacial score (nSPS) is 17.6. The minimum absolute atomic E-state index is 0.0981. The maximum absolute atomic E-state index is 13.7. The van der Waals surface area contributed by atoms with Crippen molar-refractivity contribution in [1.82, 2.24) is 20.9 Å². The molecule has 1 unspecified atom stereocenters. The molecule has 4 atom stereocenters. The highest BCUT2D eigenvalue weighted by molar-refractivity contribution is 6.01. The number of likely N-dealkylation sites (N-methyl/N-ethyl adjacent to an activating group) is 1. The lowest BCUT2D eigenvalue weighted by atomic mass is 10.00. The van der Waals surface area contributed by atoms with E-state index >= 15 is 0 Å². The average Bonchev–Trinajstić information content (AvgIpc) is 3.22. The number of amides is 3. The molecule has 0 fully saturated rings. The zero-order valence-corrected chi connectivity index (χ0v) is 20.5. The summed E-state index contributed by atoms with van der Waals surface area (Å²) in [4.78, 5) is 45.3. The van der Waals surface area contributed by atoms with Crippen LogP contribution in [-0.4, -0.2) is 54.4 Å². The van der Waals surface area contributed by atoms with Crippen LogP contribution < -0.4 is 20.9 Å². The quantitative estimate of drug-likeness (QED) is 0.526. The van der Waals surface area contributed by atoms with Crippen molar-refractivity contribution in [2.75, 3.05) is 18.5 Å². The third-order valence-electron chi connectivity index (χ3n) is 6.42. The molecular weight excluding hydrogens is 430 g/mol. The molecule has 0 radical (unpaired) electrons. The van der Waals surface area contributed by atoms with Crippen LogP contribution in [-0.2, 0) is 20.8 Å². The zero-order valence-electron chi connectivity index (χ0n) is 20.5. The largest absolute Gasteiger partial charge is 0.353 e. The van der Waals surface area contributed by atoms with Gasteiger partial charge in [-0.25, -0.2) is 4.98 Å². The average molecular weight is 466 g/mol. The van der Waals surface area contributed by atoms with E-state index < -0.39 is 12.1 Å². The smallest absolute Gasteiger partial charge is 0.251 e. The minimum atomic E-state index is -0.710.